The Balaban J connectivity index is 2.62. The van der Waals surface area contributed by atoms with E-state index in [9.17, 15) is 9.59 Å². The number of hydrogen-bond acceptors (Lipinski definition) is 3. The van der Waals surface area contributed by atoms with E-state index in [0.717, 1.165) is 12.0 Å². The zero-order chi connectivity index (χ0) is 14.8. The van der Waals surface area contributed by atoms with Gasteiger partial charge in [-0.05, 0) is 30.1 Å². The van der Waals surface area contributed by atoms with E-state index in [0.29, 0.717) is 18.3 Å². The van der Waals surface area contributed by atoms with Gasteiger partial charge in [0.05, 0.1) is 12.3 Å². The Labute approximate surface area is 116 Å². The molecule has 3 heteroatoms. The highest BCUT2D eigenvalue weighted by molar-refractivity contribution is 5.94. The van der Waals surface area contributed by atoms with Crippen molar-refractivity contribution in [1.29, 1.82) is 0 Å². The molecule has 0 N–H and O–H groups in total. The van der Waals surface area contributed by atoms with Crippen LogP contribution in [0.5, 0.6) is 0 Å². The van der Waals surface area contributed by atoms with E-state index in [-0.39, 0.29) is 23.7 Å². The number of esters is 2. The zero-order valence-corrected chi connectivity index (χ0v) is 12.8. The lowest BCUT2D eigenvalue weighted by Gasteiger charge is -2.35. The maximum Gasteiger partial charge on any atom is 0.317 e. The van der Waals surface area contributed by atoms with Crippen molar-refractivity contribution in [2.24, 2.45) is 23.2 Å². The molecule has 3 nitrogen and oxygen atoms in total. The van der Waals surface area contributed by atoms with E-state index in [1.54, 1.807) is 0 Å². The van der Waals surface area contributed by atoms with Crippen LogP contribution in [0.2, 0.25) is 0 Å². The van der Waals surface area contributed by atoms with Crippen LogP contribution in [-0.2, 0) is 14.3 Å². The molecular weight excluding hydrogens is 240 g/mol. The van der Waals surface area contributed by atoms with Gasteiger partial charge in [0, 0.05) is 0 Å². The Morgan fingerprint density at radius 1 is 1.37 bits per heavy atom. The van der Waals surface area contributed by atoms with Crippen LogP contribution >= 0.6 is 0 Å². The average Bonchev–Trinajstić information content (AvgIpc) is 2.54. The van der Waals surface area contributed by atoms with Crippen LogP contribution in [0, 0.1) is 23.2 Å². The summed E-state index contributed by atoms with van der Waals surface area (Å²) in [4.78, 5) is 22.6. The second-order valence-corrected chi connectivity index (χ2v) is 6.86. The molecular formula is C16H26O3. The molecule has 0 amide bonds. The minimum absolute atomic E-state index is 0.151. The van der Waals surface area contributed by atoms with Crippen molar-refractivity contribution < 1.29 is 14.3 Å². The van der Waals surface area contributed by atoms with E-state index < -0.39 is 5.97 Å². The first kappa shape index (κ1) is 15.9. The monoisotopic (exact) mass is 266 g/mol. The van der Waals surface area contributed by atoms with E-state index in [1.165, 1.54) is 0 Å². The van der Waals surface area contributed by atoms with Crippen molar-refractivity contribution in [2.75, 3.05) is 0 Å². The molecule has 2 atom stereocenters. The van der Waals surface area contributed by atoms with Gasteiger partial charge >= 0.3 is 11.9 Å². The van der Waals surface area contributed by atoms with Gasteiger partial charge in [0.1, 0.15) is 0 Å². The number of carbonyl (C=O) groups excluding carboxylic acids is 2. The molecule has 1 fully saturated rings. The maximum absolute atomic E-state index is 11.5. The third-order valence-electron chi connectivity index (χ3n) is 4.19. The third-order valence-corrected chi connectivity index (χ3v) is 4.19. The van der Waals surface area contributed by atoms with Crippen LogP contribution in [0.15, 0.2) is 12.2 Å². The fraction of sp³-hybridized carbons (Fsp3) is 0.750. The Morgan fingerprint density at radius 2 is 1.95 bits per heavy atom. The minimum atomic E-state index is -0.406. The summed E-state index contributed by atoms with van der Waals surface area (Å²) < 4.78 is 4.59. The lowest BCUT2D eigenvalue weighted by atomic mass is 9.70. The Hall–Kier alpha value is -1.12. The molecule has 0 spiro atoms. The molecule has 1 aliphatic rings. The predicted molar refractivity (Wildman–Crippen MR) is 75.4 cm³/mol. The lowest BCUT2D eigenvalue weighted by Crippen LogP contribution is -2.26. The van der Waals surface area contributed by atoms with Crippen LogP contribution in [-0.4, -0.2) is 11.9 Å². The van der Waals surface area contributed by atoms with Crippen molar-refractivity contribution in [3.05, 3.63) is 12.2 Å². The van der Waals surface area contributed by atoms with Crippen molar-refractivity contribution in [3.8, 4) is 0 Å². The van der Waals surface area contributed by atoms with Crippen molar-refractivity contribution in [2.45, 2.75) is 53.9 Å². The molecule has 108 valence electrons. The molecule has 0 aromatic heterocycles. The molecule has 2 unspecified atom stereocenters. The zero-order valence-electron chi connectivity index (χ0n) is 12.8. The highest BCUT2D eigenvalue weighted by Gasteiger charge is 2.36. The summed E-state index contributed by atoms with van der Waals surface area (Å²) in [5, 5.41) is 0. The van der Waals surface area contributed by atoms with Gasteiger partial charge in [-0.2, -0.15) is 0 Å². The van der Waals surface area contributed by atoms with E-state index in [1.807, 2.05) is 0 Å². The Morgan fingerprint density at radius 3 is 2.37 bits per heavy atom. The fourth-order valence-corrected chi connectivity index (χ4v) is 2.95. The standard InChI is InChI=1S/C16H26O3/c1-10(2)9-16(5,6)12(4)11(3)7-13-8-14(17)19-15(13)18/h10,12-13H,3,7-9H2,1-2,4-6H3. The van der Waals surface area contributed by atoms with Gasteiger partial charge in [0.25, 0.3) is 0 Å². The highest BCUT2D eigenvalue weighted by Crippen LogP contribution is 2.40. The molecule has 19 heavy (non-hydrogen) atoms. The second kappa shape index (κ2) is 5.89. The van der Waals surface area contributed by atoms with Crippen molar-refractivity contribution in [1.82, 2.24) is 0 Å². The number of cyclic esters (lactones) is 2. The molecule has 0 saturated carbocycles. The summed E-state index contributed by atoms with van der Waals surface area (Å²) in [5.74, 6) is -0.170. The summed E-state index contributed by atoms with van der Waals surface area (Å²) >= 11 is 0. The molecule has 0 aromatic carbocycles. The molecule has 0 bridgehead atoms. The number of hydrogen-bond donors (Lipinski definition) is 0. The fourth-order valence-electron chi connectivity index (χ4n) is 2.95. The van der Waals surface area contributed by atoms with Gasteiger partial charge in [0.2, 0.25) is 0 Å². The smallest absolute Gasteiger partial charge is 0.317 e. The summed E-state index contributed by atoms with van der Waals surface area (Å²) in [6.07, 6.45) is 1.88. The first-order valence-corrected chi connectivity index (χ1v) is 7.05. The van der Waals surface area contributed by atoms with E-state index in [2.05, 4.69) is 45.9 Å². The molecule has 1 aliphatic heterocycles. The van der Waals surface area contributed by atoms with Gasteiger partial charge in [-0.1, -0.05) is 46.8 Å². The Bertz CT molecular complexity index is 379. The van der Waals surface area contributed by atoms with Crippen LogP contribution < -0.4 is 0 Å². The maximum atomic E-state index is 11.5. The van der Waals surface area contributed by atoms with Gasteiger partial charge in [-0.3, -0.25) is 9.59 Å². The normalized spacial score (nSPS) is 21.7. The first-order chi connectivity index (χ1) is 8.63. The predicted octanol–water partition coefficient (Wildman–Crippen LogP) is 3.73. The first-order valence-electron chi connectivity index (χ1n) is 7.05. The van der Waals surface area contributed by atoms with Gasteiger partial charge in [-0.15, -0.1) is 0 Å². The minimum Gasteiger partial charge on any atom is -0.393 e. The second-order valence-electron chi connectivity index (χ2n) is 6.86. The van der Waals surface area contributed by atoms with E-state index >= 15 is 0 Å². The Kier molecular flexibility index (Phi) is 4.94. The molecule has 1 rings (SSSR count). The topological polar surface area (TPSA) is 43.4 Å². The molecule has 0 aliphatic carbocycles. The summed E-state index contributed by atoms with van der Waals surface area (Å²) in [7, 11) is 0. The number of rotatable bonds is 6. The van der Waals surface area contributed by atoms with Crippen LogP contribution in [0.4, 0.5) is 0 Å². The van der Waals surface area contributed by atoms with Crippen LogP contribution in [0.1, 0.15) is 53.9 Å². The molecule has 1 saturated heterocycles. The summed E-state index contributed by atoms with van der Waals surface area (Å²) in [6, 6.07) is 0. The van der Waals surface area contributed by atoms with Crippen molar-refractivity contribution >= 4 is 11.9 Å². The van der Waals surface area contributed by atoms with Crippen LogP contribution in [0.25, 0.3) is 0 Å². The van der Waals surface area contributed by atoms with Crippen LogP contribution in [0.3, 0.4) is 0 Å². The van der Waals surface area contributed by atoms with Crippen molar-refractivity contribution in [3.63, 3.8) is 0 Å². The van der Waals surface area contributed by atoms with Gasteiger partial charge < -0.3 is 4.74 Å². The number of allylic oxidation sites excluding steroid dienone is 1. The number of ether oxygens (including phenoxy) is 1. The molecule has 0 radical (unpaired) electrons. The largest absolute Gasteiger partial charge is 0.393 e. The van der Waals surface area contributed by atoms with Gasteiger partial charge in [0.15, 0.2) is 0 Å². The number of carbonyl (C=O) groups is 2. The molecule has 1 heterocycles. The SMILES string of the molecule is C=C(CC1CC(=O)OC1=O)C(C)C(C)(C)CC(C)C. The highest BCUT2D eigenvalue weighted by atomic mass is 16.6. The lowest BCUT2D eigenvalue weighted by molar-refractivity contribution is -0.153. The average molecular weight is 266 g/mol. The third kappa shape index (κ3) is 4.19. The van der Waals surface area contributed by atoms with E-state index in [4.69, 9.17) is 0 Å². The molecule has 0 aromatic rings. The quantitative estimate of drug-likeness (QED) is 0.418. The summed E-state index contributed by atoms with van der Waals surface area (Å²) in [6.45, 7) is 15.2. The van der Waals surface area contributed by atoms with Gasteiger partial charge in [-0.25, -0.2) is 0 Å². The summed E-state index contributed by atoms with van der Waals surface area (Å²) in [5.41, 5.74) is 1.19.